The number of aromatic nitrogens is 4. The topological polar surface area (TPSA) is 49.7 Å². The molecule has 0 radical (unpaired) electrons. The fourth-order valence-corrected chi connectivity index (χ4v) is 3.62. The molecule has 0 aromatic carbocycles. The van der Waals surface area contributed by atoms with E-state index < -0.39 is 0 Å². The van der Waals surface area contributed by atoms with Crippen LogP contribution in [0.4, 0.5) is 0 Å². The summed E-state index contributed by atoms with van der Waals surface area (Å²) < 4.78 is 2.64. The first-order valence-corrected chi connectivity index (χ1v) is 8.39. The lowest BCUT2D eigenvalue weighted by Crippen LogP contribution is -2.21. The van der Waals surface area contributed by atoms with E-state index >= 15 is 0 Å². The summed E-state index contributed by atoms with van der Waals surface area (Å²) in [4.78, 5) is 7.22. The molecule has 1 aliphatic heterocycles. The number of aromatic amines is 1. The van der Waals surface area contributed by atoms with E-state index in [0.29, 0.717) is 4.77 Å². The third-order valence-corrected chi connectivity index (χ3v) is 4.92. The molecule has 20 heavy (non-hydrogen) atoms. The molecular weight excluding hydrogens is 290 g/mol. The summed E-state index contributed by atoms with van der Waals surface area (Å²) in [6.07, 6.45) is 3.71. The van der Waals surface area contributed by atoms with Crippen LogP contribution in [0.2, 0.25) is 0 Å². The van der Waals surface area contributed by atoms with Crippen LogP contribution in [0.5, 0.6) is 0 Å². The van der Waals surface area contributed by atoms with Crippen molar-refractivity contribution < 1.29 is 0 Å². The monoisotopic (exact) mass is 309 g/mol. The van der Waals surface area contributed by atoms with Crippen LogP contribution in [-0.4, -0.2) is 44.3 Å². The highest BCUT2D eigenvalue weighted by Gasteiger charge is 2.14. The number of hydrogen-bond donors (Lipinski definition) is 1. The summed E-state index contributed by atoms with van der Waals surface area (Å²) in [6, 6.07) is 0. The summed E-state index contributed by atoms with van der Waals surface area (Å²) in [6.45, 7) is 6.48. The molecule has 1 N–H and O–H groups in total. The van der Waals surface area contributed by atoms with Gasteiger partial charge in [0.05, 0.1) is 5.01 Å². The number of thiazole rings is 1. The van der Waals surface area contributed by atoms with E-state index in [1.807, 2.05) is 4.57 Å². The lowest BCUT2D eigenvalue weighted by Gasteiger charge is -2.12. The zero-order valence-corrected chi connectivity index (χ0v) is 13.3. The van der Waals surface area contributed by atoms with E-state index in [4.69, 9.17) is 17.2 Å². The van der Waals surface area contributed by atoms with Crippen molar-refractivity contribution in [1.82, 2.24) is 24.6 Å². The van der Waals surface area contributed by atoms with E-state index in [1.54, 1.807) is 11.3 Å². The van der Waals surface area contributed by atoms with E-state index in [-0.39, 0.29) is 0 Å². The van der Waals surface area contributed by atoms with E-state index in [0.717, 1.165) is 31.0 Å². The highest BCUT2D eigenvalue weighted by atomic mass is 32.1. The molecule has 1 fully saturated rings. The van der Waals surface area contributed by atoms with Gasteiger partial charge in [-0.05, 0) is 45.1 Å². The van der Waals surface area contributed by atoms with Crippen molar-refractivity contribution in [3.8, 4) is 11.5 Å². The van der Waals surface area contributed by atoms with Crippen molar-refractivity contribution in [2.45, 2.75) is 32.7 Å². The highest BCUT2D eigenvalue weighted by Crippen LogP contribution is 2.21. The van der Waals surface area contributed by atoms with Gasteiger partial charge in [-0.3, -0.25) is 9.67 Å². The Balaban J connectivity index is 1.71. The van der Waals surface area contributed by atoms with Gasteiger partial charge in [0.2, 0.25) is 0 Å². The molecular formula is C13H19N5S2. The van der Waals surface area contributed by atoms with Crippen LogP contribution >= 0.6 is 23.6 Å². The lowest BCUT2D eigenvalue weighted by molar-refractivity contribution is 0.343. The molecule has 0 atom stereocenters. The Morgan fingerprint density at radius 3 is 2.95 bits per heavy atom. The Morgan fingerprint density at radius 1 is 1.40 bits per heavy atom. The second kappa shape index (κ2) is 6.15. The number of rotatable bonds is 5. The predicted molar refractivity (Wildman–Crippen MR) is 83.6 cm³/mol. The SMILES string of the molecule is CCn1c(-c2csc(CCN3CCCC3)n2)n[nH]c1=S. The molecule has 0 aliphatic carbocycles. The minimum atomic E-state index is 0.661. The molecule has 0 spiro atoms. The lowest BCUT2D eigenvalue weighted by atomic mass is 10.4. The van der Waals surface area contributed by atoms with Crippen LogP contribution < -0.4 is 0 Å². The summed E-state index contributed by atoms with van der Waals surface area (Å²) >= 11 is 6.93. The molecule has 0 unspecified atom stereocenters. The van der Waals surface area contributed by atoms with Crippen LogP contribution in [0.25, 0.3) is 11.5 Å². The number of nitrogens with zero attached hydrogens (tertiary/aromatic N) is 4. The third-order valence-electron chi connectivity index (χ3n) is 3.70. The van der Waals surface area contributed by atoms with Gasteiger partial charge in [0.1, 0.15) is 5.69 Å². The maximum atomic E-state index is 5.22. The molecule has 108 valence electrons. The second-order valence-corrected chi connectivity index (χ2v) is 6.35. The van der Waals surface area contributed by atoms with Crippen LogP contribution in [0.15, 0.2) is 5.38 Å². The molecule has 3 rings (SSSR count). The normalized spacial score (nSPS) is 16.1. The number of nitrogens with one attached hydrogen (secondary N) is 1. The van der Waals surface area contributed by atoms with Gasteiger partial charge in [-0.2, -0.15) is 5.10 Å². The van der Waals surface area contributed by atoms with E-state index in [2.05, 4.69) is 27.4 Å². The van der Waals surface area contributed by atoms with Gasteiger partial charge in [0.25, 0.3) is 0 Å². The van der Waals surface area contributed by atoms with Crippen molar-refractivity contribution in [1.29, 1.82) is 0 Å². The third kappa shape index (κ3) is 2.84. The van der Waals surface area contributed by atoms with Crippen molar-refractivity contribution in [3.63, 3.8) is 0 Å². The van der Waals surface area contributed by atoms with Gasteiger partial charge >= 0.3 is 0 Å². The molecule has 0 amide bonds. The zero-order chi connectivity index (χ0) is 13.9. The van der Waals surface area contributed by atoms with Gasteiger partial charge < -0.3 is 4.90 Å². The van der Waals surface area contributed by atoms with Gasteiger partial charge in [-0.25, -0.2) is 4.98 Å². The molecule has 1 saturated heterocycles. The van der Waals surface area contributed by atoms with Gasteiger partial charge in [-0.1, -0.05) is 0 Å². The molecule has 3 heterocycles. The number of H-pyrrole nitrogens is 1. The quantitative estimate of drug-likeness (QED) is 0.863. The van der Waals surface area contributed by atoms with Crippen molar-refractivity contribution in [2.75, 3.05) is 19.6 Å². The molecule has 7 heteroatoms. The zero-order valence-electron chi connectivity index (χ0n) is 11.6. The van der Waals surface area contributed by atoms with Gasteiger partial charge in [-0.15, -0.1) is 11.3 Å². The summed E-state index contributed by atoms with van der Waals surface area (Å²) in [7, 11) is 0. The highest BCUT2D eigenvalue weighted by molar-refractivity contribution is 7.71. The maximum absolute atomic E-state index is 5.22. The average Bonchev–Trinajstić information content (AvgIpc) is 3.16. The van der Waals surface area contributed by atoms with Gasteiger partial charge in [0.15, 0.2) is 10.6 Å². The van der Waals surface area contributed by atoms with Crippen LogP contribution in [0, 0.1) is 4.77 Å². The largest absolute Gasteiger partial charge is 0.303 e. The summed E-state index contributed by atoms with van der Waals surface area (Å²) in [5.74, 6) is 0.848. The fraction of sp³-hybridized carbons (Fsp3) is 0.615. The minimum Gasteiger partial charge on any atom is -0.303 e. The summed E-state index contributed by atoms with van der Waals surface area (Å²) in [5, 5.41) is 10.4. The van der Waals surface area contributed by atoms with Crippen molar-refractivity contribution >= 4 is 23.6 Å². The predicted octanol–water partition coefficient (Wildman–Crippen LogP) is 2.72. The first-order valence-electron chi connectivity index (χ1n) is 7.10. The molecule has 1 aliphatic rings. The van der Waals surface area contributed by atoms with E-state index in [9.17, 15) is 0 Å². The first-order chi connectivity index (χ1) is 9.78. The molecule has 5 nitrogen and oxygen atoms in total. The molecule has 2 aromatic heterocycles. The Bertz CT molecular complexity index is 621. The smallest absolute Gasteiger partial charge is 0.195 e. The molecule has 0 bridgehead atoms. The average molecular weight is 309 g/mol. The number of hydrogen-bond acceptors (Lipinski definition) is 5. The summed E-state index contributed by atoms with van der Waals surface area (Å²) in [5.41, 5.74) is 0.931. The first kappa shape index (κ1) is 13.9. The number of likely N-dealkylation sites (tertiary alicyclic amines) is 1. The standard InChI is InChI=1S/C13H19N5S2/c1-2-18-12(15-16-13(18)19)10-9-20-11(14-10)5-8-17-6-3-4-7-17/h9H,2-8H2,1H3,(H,16,19). The van der Waals surface area contributed by atoms with Crippen LogP contribution in [0.1, 0.15) is 24.8 Å². The van der Waals surface area contributed by atoms with Gasteiger partial charge in [0, 0.05) is 24.9 Å². The van der Waals surface area contributed by atoms with Crippen LogP contribution in [-0.2, 0) is 13.0 Å². The second-order valence-electron chi connectivity index (χ2n) is 5.02. The fourth-order valence-electron chi connectivity index (χ4n) is 2.59. The Hall–Kier alpha value is -1.05. The van der Waals surface area contributed by atoms with Crippen molar-refractivity contribution in [2.24, 2.45) is 0 Å². The van der Waals surface area contributed by atoms with Crippen molar-refractivity contribution in [3.05, 3.63) is 15.2 Å². The van der Waals surface area contributed by atoms with Crippen LogP contribution in [0.3, 0.4) is 0 Å². The maximum Gasteiger partial charge on any atom is 0.195 e. The Kier molecular flexibility index (Phi) is 4.28. The molecule has 0 saturated carbocycles. The molecule has 2 aromatic rings. The van der Waals surface area contributed by atoms with E-state index in [1.165, 1.54) is 30.9 Å². The Labute approximate surface area is 127 Å². The minimum absolute atomic E-state index is 0.661. The Morgan fingerprint density at radius 2 is 2.20 bits per heavy atom.